The molecule has 15 heteroatoms. The molecule has 2 heterocycles. The molecule has 0 aromatic carbocycles. The first kappa shape index (κ1) is 57.1. The van der Waals surface area contributed by atoms with Crippen LogP contribution in [0.25, 0.3) is 0 Å². The summed E-state index contributed by atoms with van der Waals surface area (Å²) in [6.07, 6.45) is 16.8. The third-order valence-corrected chi connectivity index (χ3v) is 11.8. The zero-order chi connectivity index (χ0) is 46.1. The Balaban J connectivity index is 1.82. The van der Waals surface area contributed by atoms with E-state index in [2.05, 4.69) is 25.7 Å². The first-order chi connectivity index (χ1) is 30.5. The second kappa shape index (κ2) is 36.1. The molecule has 4 unspecified atom stereocenters. The standard InChI is InChI=1S/C48H86O15/c1-3-5-7-9-11-13-15-17-18-19-21-22-24-26-28-30-39(50)58-33-36(61-40(51)31-29-27-25-23-20-16-14-12-10-8-6-4-2)34-59-47-46(57)44(55)42(53)38(63-47)35-60-48-45(56)43(54)41(52)37(32-49)62-48/h3,12,14,36-38,41-49,52-57H,1,4-11,13,15-35H2,2H3/b14-12+/t36-,37-,38-,41+,42+,43?,44?,45?,46?,47-,48-/m1/s1. The predicted octanol–water partition coefficient (Wildman–Crippen LogP) is 5.99. The smallest absolute Gasteiger partial charge is 0.306 e. The number of hydrogen-bond donors (Lipinski definition) is 7. The molecule has 0 aromatic heterocycles. The Morgan fingerprint density at radius 2 is 0.984 bits per heavy atom. The molecule has 2 fully saturated rings. The zero-order valence-corrected chi connectivity index (χ0v) is 38.4. The Morgan fingerprint density at radius 3 is 1.51 bits per heavy atom. The number of carbonyl (C=O) groups excluding carboxylic acids is 2. The normalized spacial score (nSPS) is 26.8. The molecule has 2 rings (SSSR count). The molecule has 368 valence electrons. The summed E-state index contributed by atoms with van der Waals surface area (Å²) in [7, 11) is 0. The van der Waals surface area contributed by atoms with Crippen molar-refractivity contribution in [1.29, 1.82) is 0 Å². The summed E-state index contributed by atoms with van der Waals surface area (Å²) >= 11 is 0. The number of unbranched alkanes of at least 4 members (excludes halogenated alkanes) is 21. The Hall–Kier alpha value is -2.02. The third kappa shape index (κ3) is 24.9. The lowest BCUT2D eigenvalue weighted by Gasteiger charge is -2.42. The van der Waals surface area contributed by atoms with Crippen molar-refractivity contribution in [3.63, 3.8) is 0 Å². The number of rotatable bonds is 38. The molecular weight excluding hydrogens is 817 g/mol. The average molecular weight is 903 g/mol. The van der Waals surface area contributed by atoms with Gasteiger partial charge in [-0.3, -0.25) is 9.59 Å². The summed E-state index contributed by atoms with van der Waals surface area (Å²) in [5, 5.41) is 71.9. The van der Waals surface area contributed by atoms with Gasteiger partial charge in [-0.25, -0.2) is 0 Å². The Bertz CT molecular complexity index is 1190. The van der Waals surface area contributed by atoms with Gasteiger partial charge in [-0.1, -0.05) is 128 Å². The van der Waals surface area contributed by atoms with Gasteiger partial charge in [-0.15, -0.1) is 6.58 Å². The number of hydrogen-bond acceptors (Lipinski definition) is 15. The maximum atomic E-state index is 12.9. The molecule has 11 atom stereocenters. The first-order valence-corrected chi connectivity index (χ1v) is 24.4. The summed E-state index contributed by atoms with van der Waals surface area (Å²) in [6.45, 7) is 4.08. The highest BCUT2D eigenvalue weighted by atomic mass is 16.7. The number of esters is 2. The van der Waals surface area contributed by atoms with E-state index in [1.807, 2.05) is 6.08 Å². The average Bonchev–Trinajstić information content (AvgIpc) is 3.28. The van der Waals surface area contributed by atoms with Crippen molar-refractivity contribution in [2.45, 2.75) is 241 Å². The van der Waals surface area contributed by atoms with Crippen molar-refractivity contribution in [2.75, 3.05) is 26.4 Å². The molecule has 0 saturated carbocycles. The van der Waals surface area contributed by atoms with Crippen LogP contribution in [0.15, 0.2) is 24.8 Å². The number of ether oxygens (including phenoxy) is 6. The van der Waals surface area contributed by atoms with E-state index in [4.69, 9.17) is 28.4 Å². The van der Waals surface area contributed by atoms with Gasteiger partial charge in [0.05, 0.1) is 19.8 Å². The number of aliphatic hydroxyl groups is 7. The van der Waals surface area contributed by atoms with Gasteiger partial charge in [0.15, 0.2) is 18.7 Å². The van der Waals surface area contributed by atoms with Gasteiger partial charge in [-0.2, -0.15) is 0 Å². The van der Waals surface area contributed by atoms with E-state index >= 15 is 0 Å². The van der Waals surface area contributed by atoms with Gasteiger partial charge in [-0.05, 0) is 51.4 Å². The van der Waals surface area contributed by atoms with Crippen LogP contribution in [0.3, 0.4) is 0 Å². The molecule has 0 spiro atoms. The van der Waals surface area contributed by atoms with Gasteiger partial charge < -0.3 is 64.2 Å². The van der Waals surface area contributed by atoms with Gasteiger partial charge in [0.1, 0.15) is 55.4 Å². The van der Waals surface area contributed by atoms with E-state index in [0.717, 1.165) is 64.2 Å². The van der Waals surface area contributed by atoms with Crippen LogP contribution >= 0.6 is 0 Å². The topological polar surface area (TPSA) is 231 Å². The third-order valence-electron chi connectivity index (χ3n) is 11.8. The van der Waals surface area contributed by atoms with Crippen molar-refractivity contribution in [1.82, 2.24) is 0 Å². The quantitative estimate of drug-likeness (QED) is 0.0215. The molecule has 7 N–H and O–H groups in total. The van der Waals surface area contributed by atoms with E-state index in [-0.39, 0.29) is 26.1 Å². The second-order valence-corrected chi connectivity index (χ2v) is 17.4. The van der Waals surface area contributed by atoms with Crippen molar-refractivity contribution >= 4 is 11.9 Å². The molecule has 0 amide bonds. The first-order valence-electron chi connectivity index (χ1n) is 24.4. The van der Waals surface area contributed by atoms with Crippen LogP contribution in [-0.4, -0.2) is 142 Å². The van der Waals surface area contributed by atoms with Crippen LogP contribution in [0, 0.1) is 0 Å². The number of allylic oxidation sites excluding steroid dienone is 3. The van der Waals surface area contributed by atoms with E-state index < -0.39 is 92.7 Å². The van der Waals surface area contributed by atoms with Gasteiger partial charge in [0.2, 0.25) is 0 Å². The maximum absolute atomic E-state index is 12.9. The molecular formula is C48H86O15. The molecule has 0 bridgehead atoms. The van der Waals surface area contributed by atoms with Crippen molar-refractivity contribution in [3.05, 3.63) is 24.8 Å². The molecule has 0 aromatic rings. The maximum Gasteiger partial charge on any atom is 0.306 e. The number of carbonyl (C=O) groups is 2. The summed E-state index contributed by atoms with van der Waals surface area (Å²) in [5.74, 6) is -0.936. The SMILES string of the molecule is C=CCCCCCCCCCCCCCCCC(=O)OC[C@H](CO[C@@H]1O[C@H](CO[C@@H]2O[C@H](CO)[C@H](O)C(O)C2O)[C@H](O)C(O)C1O)OC(=O)CCCCCCC/C=C/CCCCC. The van der Waals surface area contributed by atoms with E-state index in [9.17, 15) is 45.3 Å². The largest absolute Gasteiger partial charge is 0.462 e. The van der Waals surface area contributed by atoms with Crippen LogP contribution in [0.2, 0.25) is 0 Å². The monoisotopic (exact) mass is 903 g/mol. The van der Waals surface area contributed by atoms with Crippen LogP contribution in [0.4, 0.5) is 0 Å². The predicted molar refractivity (Wildman–Crippen MR) is 238 cm³/mol. The van der Waals surface area contributed by atoms with Crippen molar-refractivity contribution in [3.8, 4) is 0 Å². The Kier molecular flexibility index (Phi) is 32.8. The minimum Gasteiger partial charge on any atom is -0.462 e. The number of aliphatic hydroxyl groups excluding tert-OH is 7. The lowest BCUT2D eigenvalue weighted by molar-refractivity contribution is -0.332. The van der Waals surface area contributed by atoms with E-state index in [1.54, 1.807) is 0 Å². The molecule has 2 aliphatic rings. The van der Waals surface area contributed by atoms with Crippen LogP contribution in [-0.2, 0) is 38.0 Å². The fraction of sp³-hybridized carbons (Fsp3) is 0.875. The molecule has 15 nitrogen and oxygen atoms in total. The Morgan fingerprint density at radius 1 is 0.540 bits per heavy atom. The zero-order valence-electron chi connectivity index (χ0n) is 38.4. The summed E-state index contributed by atoms with van der Waals surface area (Å²) < 4.78 is 33.5. The van der Waals surface area contributed by atoms with Gasteiger partial charge >= 0.3 is 11.9 Å². The van der Waals surface area contributed by atoms with Gasteiger partial charge in [0.25, 0.3) is 0 Å². The van der Waals surface area contributed by atoms with Gasteiger partial charge in [0, 0.05) is 12.8 Å². The molecule has 63 heavy (non-hydrogen) atoms. The Labute approximate surface area is 377 Å². The summed E-state index contributed by atoms with van der Waals surface area (Å²) in [5.41, 5.74) is 0. The molecule has 2 saturated heterocycles. The fourth-order valence-corrected chi connectivity index (χ4v) is 7.72. The molecule has 0 radical (unpaired) electrons. The lowest BCUT2D eigenvalue weighted by Crippen LogP contribution is -2.61. The lowest BCUT2D eigenvalue weighted by atomic mass is 9.98. The highest BCUT2D eigenvalue weighted by Gasteiger charge is 2.47. The van der Waals surface area contributed by atoms with E-state index in [1.165, 1.54) is 77.0 Å². The van der Waals surface area contributed by atoms with Crippen LogP contribution in [0.5, 0.6) is 0 Å². The summed E-state index contributed by atoms with van der Waals surface area (Å²) in [4.78, 5) is 25.7. The van der Waals surface area contributed by atoms with Crippen molar-refractivity contribution < 1.29 is 73.8 Å². The minimum atomic E-state index is -1.76. The highest BCUT2D eigenvalue weighted by molar-refractivity contribution is 5.70. The fourth-order valence-electron chi connectivity index (χ4n) is 7.72. The second-order valence-electron chi connectivity index (χ2n) is 17.4. The van der Waals surface area contributed by atoms with Crippen LogP contribution < -0.4 is 0 Å². The van der Waals surface area contributed by atoms with Crippen molar-refractivity contribution in [2.24, 2.45) is 0 Å². The molecule has 0 aliphatic carbocycles. The van der Waals surface area contributed by atoms with E-state index in [0.29, 0.717) is 12.8 Å². The minimum absolute atomic E-state index is 0.156. The summed E-state index contributed by atoms with van der Waals surface area (Å²) in [6, 6.07) is 0. The molecule has 2 aliphatic heterocycles. The van der Waals surface area contributed by atoms with Crippen LogP contribution in [0.1, 0.15) is 174 Å². The highest BCUT2D eigenvalue weighted by Crippen LogP contribution is 2.26.